The van der Waals surface area contributed by atoms with Crippen LogP contribution in [0, 0.1) is 0 Å². The molecule has 0 aliphatic heterocycles. The third-order valence-electron chi connectivity index (χ3n) is 2.68. The van der Waals surface area contributed by atoms with Gasteiger partial charge in [-0.3, -0.25) is 0 Å². The molecular weight excluding hydrogens is 270 g/mol. The van der Waals surface area contributed by atoms with Gasteiger partial charge in [0.25, 0.3) is 0 Å². The van der Waals surface area contributed by atoms with E-state index in [1.807, 2.05) is 0 Å². The quantitative estimate of drug-likeness (QED) is 0.390. The van der Waals surface area contributed by atoms with Crippen molar-refractivity contribution in [3.05, 3.63) is 65.7 Å². The van der Waals surface area contributed by atoms with Crippen LogP contribution >= 0.6 is 0 Å². The smallest absolute Gasteiger partial charge is 0.348 e. The van der Waals surface area contributed by atoms with Crippen LogP contribution in [0.15, 0.2) is 54.6 Å². The normalized spacial score (nSPS) is 10.5. The standard InChI is InChI=1S/C16H13NO4/c17-14-4-2-1-3-13(14)16(20)21-15(19)10-7-11-5-8-12(18)9-6-11/h1-10,18H,17H2/b10-7+. The highest BCUT2D eigenvalue weighted by molar-refractivity contribution is 6.03. The summed E-state index contributed by atoms with van der Waals surface area (Å²) in [5.41, 5.74) is 6.70. The summed E-state index contributed by atoms with van der Waals surface area (Å²) in [5.74, 6) is -1.46. The summed E-state index contributed by atoms with van der Waals surface area (Å²) in [6.45, 7) is 0. The number of esters is 2. The van der Waals surface area contributed by atoms with E-state index in [0.717, 1.165) is 6.08 Å². The van der Waals surface area contributed by atoms with Crippen LogP contribution in [0.25, 0.3) is 6.08 Å². The van der Waals surface area contributed by atoms with Crippen molar-refractivity contribution in [2.45, 2.75) is 0 Å². The van der Waals surface area contributed by atoms with E-state index in [1.165, 1.54) is 24.3 Å². The van der Waals surface area contributed by atoms with Crippen molar-refractivity contribution in [1.29, 1.82) is 0 Å². The Hall–Kier alpha value is -3.08. The highest BCUT2D eigenvalue weighted by Gasteiger charge is 2.13. The molecular formula is C16H13NO4. The van der Waals surface area contributed by atoms with Gasteiger partial charge in [0, 0.05) is 11.8 Å². The molecule has 5 heteroatoms. The minimum absolute atomic E-state index is 0.129. The summed E-state index contributed by atoms with van der Waals surface area (Å²) in [6.07, 6.45) is 2.60. The number of hydrogen-bond acceptors (Lipinski definition) is 5. The molecule has 0 fully saturated rings. The van der Waals surface area contributed by atoms with Crippen LogP contribution in [-0.4, -0.2) is 17.0 Å². The van der Waals surface area contributed by atoms with Crippen LogP contribution in [0.1, 0.15) is 15.9 Å². The second kappa shape index (κ2) is 6.38. The molecule has 106 valence electrons. The summed E-state index contributed by atoms with van der Waals surface area (Å²) in [6, 6.07) is 12.6. The Labute approximate surface area is 121 Å². The number of nitrogens with two attached hydrogens (primary N) is 1. The van der Waals surface area contributed by atoms with E-state index in [0.29, 0.717) is 5.56 Å². The first-order valence-corrected chi connectivity index (χ1v) is 6.14. The molecule has 0 bridgehead atoms. The molecule has 21 heavy (non-hydrogen) atoms. The Morgan fingerprint density at radius 3 is 2.38 bits per heavy atom. The van der Waals surface area contributed by atoms with Crippen molar-refractivity contribution < 1.29 is 19.4 Å². The molecule has 0 unspecified atom stereocenters. The van der Waals surface area contributed by atoms with Gasteiger partial charge >= 0.3 is 11.9 Å². The number of carbonyl (C=O) groups is 2. The third kappa shape index (κ3) is 3.94. The zero-order valence-electron chi connectivity index (χ0n) is 11.0. The van der Waals surface area contributed by atoms with Crippen molar-refractivity contribution >= 4 is 23.7 Å². The van der Waals surface area contributed by atoms with Crippen LogP contribution in [0.4, 0.5) is 5.69 Å². The van der Waals surface area contributed by atoms with Gasteiger partial charge in [-0.15, -0.1) is 0 Å². The third-order valence-corrected chi connectivity index (χ3v) is 2.68. The van der Waals surface area contributed by atoms with E-state index in [2.05, 4.69) is 4.74 Å². The number of benzene rings is 2. The van der Waals surface area contributed by atoms with Crippen LogP contribution < -0.4 is 5.73 Å². The molecule has 2 aromatic carbocycles. The van der Waals surface area contributed by atoms with E-state index < -0.39 is 11.9 Å². The topological polar surface area (TPSA) is 89.6 Å². The molecule has 0 radical (unpaired) electrons. The van der Waals surface area contributed by atoms with Gasteiger partial charge in [-0.1, -0.05) is 24.3 Å². The minimum atomic E-state index is -0.798. The number of anilines is 1. The van der Waals surface area contributed by atoms with Gasteiger partial charge in [0.1, 0.15) is 5.75 Å². The Morgan fingerprint density at radius 1 is 1.05 bits per heavy atom. The molecule has 0 heterocycles. The van der Waals surface area contributed by atoms with E-state index in [-0.39, 0.29) is 17.0 Å². The average molecular weight is 283 g/mol. The summed E-state index contributed by atoms with van der Waals surface area (Å²) in [5, 5.41) is 9.13. The molecule has 0 saturated heterocycles. The van der Waals surface area contributed by atoms with Crippen LogP contribution in [0.2, 0.25) is 0 Å². The lowest BCUT2D eigenvalue weighted by Gasteiger charge is -2.03. The molecule has 5 nitrogen and oxygen atoms in total. The zero-order valence-corrected chi connectivity index (χ0v) is 11.0. The molecule has 2 aromatic rings. The lowest BCUT2D eigenvalue weighted by atomic mass is 10.2. The Bertz CT molecular complexity index is 690. The Morgan fingerprint density at radius 2 is 1.71 bits per heavy atom. The van der Waals surface area contributed by atoms with Gasteiger partial charge in [-0.05, 0) is 35.9 Å². The molecule has 2 rings (SSSR count). The van der Waals surface area contributed by atoms with Gasteiger partial charge in [0.15, 0.2) is 0 Å². The average Bonchev–Trinajstić information content (AvgIpc) is 2.47. The lowest BCUT2D eigenvalue weighted by Crippen LogP contribution is -2.12. The first-order valence-electron chi connectivity index (χ1n) is 6.14. The molecule has 0 saturated carbocycles. The fraction of sp³-hybridized carbons (Fsp3) is 0. The first-order chi connectivity index (χ1) is 10.1. The number of rotatable bonds is 3. The molecule has 0 atom stereocenters. The Kier molecular flexibility index (Phi) is 4.36. The van der Waals surface area contributed by atoms with Gasteiger partial charge in [0.05, 0.1) is 5.56 Å². The number of hydrogen-bond donors (Lipinski definition) is 2. The van der Waals surface area contributed by atoms with E-state index in [4.69, 9.17) is 10.8 Å². The molecule has 0 aliphatic carbocycles. The van der Waals surface area contributed by atoms with Gasteiger partial charge in [-0.25, -0.2) is 9.59 Å². The number of ether oxygens (including phenoxy) is 1. The second-order valence-electron chi connectivity index (χ2n) is 4.22. The highest BCUT2D eigenvalue weighted by Crippen LogP contribution is 2.13. The van der Waals surface area contributed by atoms with Crippen molar-refractivity contribution in [2.75, 3.05) is 5.73 Å². The number of aromatic hydroxyl groups is 1. The maximum absolute atomic E-state index is 11.7. The zero-order chi connectivity index (χ0) is 15.2. The summed E-state index contributed by atoms with van der Waals surface area (Å²) >= 11 is 0. The summed E-state index contributed by atoms with van der Waals surface area (Å²) in [7, 11) is 0. The van der Waals surface area contributed by atoms with Crippen LogP contribution in [0.5, 0.6) is 5.75 Å². The highest BCUT2D eigenvalue weighted by atomic mass is 16.6. The van der Waals surface area contributed by atoms with Crippen LogP contribution in [0.3, 0.4) is 0 Å². The fourth-order valence-corrected chi connectivity index (χ4v) is 1.61. The predicted octanol–water partition coefficient (Wildman–Crippen LogP) is 2.37. The second-order valence-corrected chi connectivity index (χ2v) is 4.22. The SMILES string of the molecule is Nc1ccccc1C(=O)OC(=O)/C=C/c1ccc(O)cc1. The van der Waals surface area contributed by atoms with Crippen molar-refractivity contribution in [3.63, 3.8) is 0 Å². The number of carbonyl (C=O) groups excluding carboxylic acids is 2. The maximum atomic E-state index is 11.7. The minimum Gasteiger partial charge on any atom is -0.508 e. The summed E-state index contributed by atoms with van der Waals surface area (Å²) < 4.78 is 4.67. The molecule has 0 amide bonds. The van der Waals surface area contributed by atoms with Crippen molar-refractivity contribution in [1.82, 2.24) is 0 Å². The molecule has 0 aromatic heterocycles. The Balaban J connectivity index is 2.00. The van der Waals surface area contributed by atoms with E-state index in [9.17, 15) is 9.59 Å². The molecule has 3 N–H and O–H groups in total. The monoisotopic (exact) mass is 283 g/mol. The summed E-state index contributed by atoms with van der Waals surface area (Å²) in [4.78, 5) is 23.3. The van der Waals surface area contributed by atoms with Gasteiger partial charge in [0.2, 0.25) is 0 Å². The number of phenolic OH excluding ortho intramolecular Hbond substituents is 1. The predicted molar refractivity (Wildman–Crippen MR) is 78.4 cm³/mol. The molecule has 0 aliphatic rings. The maximum Gasteiger partial charge on any atom is 0.348 e. The largest absolute Gasteiger partial charge is 0.508 e. The van der Waals surface area contributed by atoms with E-state index >= 15 is 0 Å². The van der Waals surface area contributed by atoms with Crippen LogP contribution in [-0.2, 0) is 9.53 Å². The van der Waals surface area contributed by atoms with Gasteiger partial charge < -0.3 is 15.6 Å². The lowest BCUT2D eigenvalue weighted by molar-refractivity contribution is -0.132. The van der Waals surface area contributed by atoms with Gasteiger partial charge in [-0.2, -0.15) is 0 Å². The van der Waals surface area contributed by atoms with Crippen molar-refractivity contribution in [2.24, 2.45) is 0 Å². The number of phenols is 1. The van der Waals surface area contributed by atoms with E-state index in [1.54, 1.807) is 30.3 Å². The van der Waals surface area contributed by atoms with Crippen molar-refractivity contribution in [3.8, 4) is 5.75 Å². The first kappa shape index (κ1) is 14.3. The number of para-hydroxylation sites is 1. The fourth-order valence-electron chi connectivity index (χ4n) is 1.61. The molecule has 0 spiro atoms. The number of nitrogen functional groups attached to an aromatic ring is 1.